The molecule has 1 aromatic carbocycles. The summed E-state index contributed by atoms with van der Waals surface area (Å²) in [6.07, 6.45) is 0.427. The third-order valence-corrected chi connectivity index (χ3v) is 4.39. The number of rotatable bonds is 4. The van der Waals surface area contributed by atoms with Crippen molar-refractivity contribution in [2.75, 3.05) is 11.9 Å². The van der Waals surface area contributed by atoms with Crippen molar-refractivity contribution in [2.45, 2.75) is 11.8 Å². The fourth-order valence-electron chi connectivity index (χ4n) is 2.19. The van der Waals surface area contributed by atoms with Crippen molar-refractivity contribution in [3.63, 3.8) is 0 Å². The fraction of sp³-hybridized carbons (Fsp3) is 0.231. The molecule has 0 radical (unpaired) electrons. The van der Waals surface area contributed by atoms with E-state index in [4.69, 9.17) is 0 Å². The molecule has 0 spiro atoms. The van der Waals surface area contributed by atoms with Gasteiger partial charge >= 0.3 is 5.97 Å². The van der Waals surface area contributed by atoms with Crippen LogP contribution in [0.5, 0.6) is 0 Å². The molecule has 1 atom stereocenters. The molecule has 0 saturated carbocycles. The molecule has 19 heavy (non-hydrogen) atoms. The highest BCUT2D eigenvalue weighted by atomic mass is 32.2. The maximum atomic E-state index is 11.4. The zero-order valence-corrected chi connectivity index (χ0v) is 10.8. The Hall–Kier alpha value is -1.95. The van der Waals surface area contributed by atoms with Gasteiger partial charge in [0.2, 0.25) is 5.91 Å². The summed E-state index contributed by atoms with van der Waals surface area (Å²) < 4.78 is 0. The number of para-hydroxylation sites is 1. The van der Waals surface area contributed by atoms with Crippen molar-refractivity contribution in [2.24, 2.45) is 0 Å². The third kappa shape index (κ3) is 2.08. The minimum atomic E-state index is -1.03. The Kier molecular flexibility index (Phi) is 2.94. The first kappa shape index (κ1) is 12.1. The quantitative estimate of drug-likeness (QED) is 0.819. The van der Waals surface area contributed by atoms with Gasteiger partial charge < -0.3 is 10.4 Å². The number of carboxylic acid groups (broad SMARTS) is 1. The smallest absolute Gasteiger partial charge is 0.353 e. The first-order chi connectivity index (χ1) is 9.16. The molecule has 1 fully saturated rings. The van der Waals surface area contributed by atoms with Gasteiger partial charge in [-0.3, -0.25) is 9.69 Å². The van der Waals surface area contributed by atoms with Crippen LogP contribution in [-0.2, 0) is 9.59 Å². The summed E-state index contributed by atoms with van der Waals surface area (Å²) in [5.74, 6) is -1.14. The van der Waals surface area contributed by atoms with Gasteiger partial charge in [-0.05, 0) is 12.1 Å². The molecule has 3 rings (SSSR count). The number of amides is 1. The number of nitrogens with zero attached hydrogens (tertiary/aromatic N) is 1. The van der Waals surface area contributed by atoms with Crippen LogP contribution in [-0.4, -0.2) is 33.8 Å². The third-order valence-electron chi connectivity index (χ3n) is 3.12. The highest BCUT2D eigenvalue weighted by molar-refractivity contribution is 8.04. The lowest BCUT2D eigenvalue weighted by Crippen LogP contribution is -2.48. The van der Waals surface area contributed by atoms with Crippen LogP contribution in [0.3, 0.4) is 0 Å². The van der Waals surface area contributed by atoms with E-state index in [-0.39, 0.29) is 17.0 Å². The van der Waals surface area contributed by atoms with Crippen molar-refractivity contribution < 1.29 is 14.7 Å². The van der Waals surface area contributed by atoms with Crippen LogP contribution in [0.1, 0.15) is 6.42 Å². The minimum Gasteiger partial charge on any atom is -0.477 e. The summed E-state index contributed by atoms with van der Waals surface area (Å²) in [5.41, 5.74) is 1.07. The molecule has 2 N–H and O–H groups in total. The van der Waals surface area contributed by atoms with E-state index < -0.39 is 5.97 Å². The highest BCUT2D eigenvalue weighted by Crippen LogP contribution is 2.45. The van der Waals surface area contributed by atoms with Crippen molar-refractivity contribution in [3.8, 4) is 0 Å². The van der Waals surface area contributed by atoms with Gasteiger partial charge in [0, 0.05) is 17.1 Å². The summed E-state index contributed by atoms with van der Waals surface area (Å²) in [4.78, 5) is 24.8. The Labute approximate surface area is 114 Å². The largest absolute Gasteiger partial charge is 0.477 e. The van der Waals surface area contributed by atoms with E-state index in [1.807, 2.05) is 30.3 Å². The van der Waals surface area contributed by atoms with Gasteiger partial charge in [0.05, 0.1) is 11.8 Å². The van der Waals surface area contributed by atoms with E-state index in [2.05, 4.69) is 5.32 Å². The normalized spacial score (nSPS) is 21.2. The predicted octanol–water partition coefficient (Wildman–Crippen LogP) is 1.70. The molecular formula is C13H12N2O3S. The standard InChI is InChI=1S/C13H12N2O3S/c16-10-6-11-15(10)12(13(17)18)9(19-11)7-14-8-4-2-1-3-5-8/h1-5,11,14H,6-7H2,(H,17,18)/t11-/m1/s1. The van der Waals surface area contributed by atoms with Gasteiger partial charge in [0.25, 0.3) is 0 Å². The van der Waals surface area contributed by atoms with Crippen LogP contribution in [0, 0.1) is 0 Å². The number of carboxylic acids is 1. The zero-order valence-electron chi connectivity index (χ0n) is 10.00. The molecule has 0 bridgehead atoms. The number of hydrogen-bond acceptors (Lipinski definition) is 4. The number of anilines is 1. The van der Waals surface area contributed by atoms with Gasteiger partial charge in [-0.1, -0.05) is 18.2 Å². The van der Waals surface area contributed by atoms with Crippen molar-refractivity contribution >= 4 is 29.3 Å². The van der Waals surface area contributed by atoms with Crippen LogP contribution in [0.25, 0.3) is 0 Å². The molecular weight excluding hydrogens is 264 g/mol. The highest BCUT2D eigenvalue weighted by Gasteiger charge is 2.48. The number of aliphatic carboxylic acids is 1. The van der Waals surface area contributed by atoms with Gasteiger partial charge in [-0.2, -0.15) is 0 Å². The van der Waals surface area contributed by atoms with Gasteiger partial charge in [-0.15, -0.1) is 11.8 Å². The number of carbonyl (C=O) groups is 2. The Morgan fingerprint density at radius 1 is 1.42 bits per heavy atom. The van der Waals surface area contributed by atoms with E-state index in [1.165, 1.54) is 16.7 Å². The maximum absolute atomic E-state index is 11.4. The van der Waals surface area contributed by atoms with E-state index in [0.29, 0.717) is 17.9 Å². The second kappa shape index (κ2) is 4.62. The Balaban J connectivity index is 1.77. The van der Waals surface area contributed by atoms with Crippen molar-refractivity contribution in [1.29, 1.82) is 0 Å². The van der Waals surface area contributed by atoms with E-state index in [9.17, 15) is 14.7 Å². The second-order valence-corrected chi connectivity index (χ2v) is 5.61. The predicted molar refractivity (Wildman–Crippen MR) is 72.4 cm³/mol. The molecule has 1 aromatic rings. The van der Waals surface area contributed by atoms with Crippen LogP contribution in [0.4, 0.5) is 5.69 Å². The van der Waals surface area contributed by atoms with Crippen molar-refractivity contribution in [3.05, 3.63) is 40.9 Å². The molecule has 0 aromatic heterocycles. The van der Waals surface area contributed by atoms with Crippen LogP contribution < -0.4 is 5.32 Å². The molecule has 1 saturated heterocycles. The van der Waals surface area contributed by atoms with E-state index in [1.54, 1.807) is 0 Å². The average Bonchev–Trinajstić information content (AvgIpc) is 2.70. The molecule has 2 heterocycles. The SMILES string of the molecule is O=C(O)C1=C(CNc2ccccc2)S[C@@H]2CC(=O)N12. The second-order valence-electron chi connectivity index (χ2n) is 4.34. The van der Waals surface area contributed by atoms with E-state index in [0.717, 1.165) is 5.69 Å². The summed E-state index contributed by atoms with van der Waals surface area (Å²) in [7, 11) is 0. The lowest BCUT2D eigenvalue weighted by atomic mass is 10.1. The number of fused-ring (bicyclic) bond motifs is 1. The number of carbonyl (C=O) groups excluding carboxylic acids is 1. The fourth-order valence-corrected chi connectivity index (χ4v) is 3.53. The molecule has 6 heteroatoms. The first-order valence-corrected chi connectivity index (χ1v) is 6.79. The molecule has 98 valence electrons. The summed E-state index contributed by atoms with van der Waals surface area (Å²) in [5, 5.41) is 12.4. The Bertz CT molecular complexity index is 571. The summed E-state index contributed by atoms with van der Waals surface area (Å²) in [6.45, 7) is 0.427. The molecule has 1 amide bonds. The summed E-state index contributed by atoms with van der Waals surface area (Å²) >= 11 is 1.46. The number of nitrogens with one attached hydrogen (secondary N) is 1. The van der Waals surface area contributed by atoms with Crippen molar-refractivity contribution in [1.82, 2.24) is 4.90 Å². The summed E-state index contributed by atoms with van der Waals surface area (Å²) in [6, 6.07) is 9.57. The Morgan fingerprint density at radius 2 is 2.16 bits per heavy atom. The lowest BCUT2D eigenvalue weighted by molar-refractivity contribution is -0.145. The minimum absolute atomic E-state index is 0.0221. The number of thioether (sulfide) groups is 1. The molecule has 0 unspecified atom stereocenters. The van der Waals surface area contributed by atoms with Gasteiger partial charge in [-0.25, -0.2) is 4.79 Å². The molecule has 0 aliphatic carbocycles. The maximum Gasteiger partial charge on any atom is 0.353 e. The van der Waals surface area contributed by atoms with Crippen LogP contribution in [0.15, 0.2) is 40.9 Å². The first-order valence-electron chi connectivity index (χ1n) is 5.91. The lowest BCUT2D eigenvalue weighted by Gasteiger charge is -2.33. The van der Waals surface area contributed by atoms with Crippen LogP contribution >= 0.6 is 11.8 Å². The topological polar surface area (TPSA) is 69.6 Å². The average molecular weight is 276 g/mol. The Morgan fingerprint density at radius 3 is 2.79 bits per heavy atom. The van der Waals surface area contributed by atoms with E-state index >= 15 is 0 Å². The number of benzene rings is 1. The zero-order chi connectivity index (χ0) is 13.4. The number of hydrogen-bond donors (Lipinski definition) is 2. The monoisotopic (exact) mass is 276 g/mol. The van der Waals surface area contributed by atoms with Gasteiger partial charge in [0.15, 0.2) is 0 Å². The van der Waals surface area contributed by atoms with Gasteiger partial charge in [0.1, 0.15) is 5.70 Å². The number of β-lactam (4-membered cyclic amide) rings is 1. The molecule has 2 aliphatic heterocycles. The molecule has 5 nitrogen and oxygen atoms in total. The molecule has 2 aliphatic rings. The van der Waals surface area contributed by atoms with Crippen LogP contribution in [0.2, 0.25) is 0 Å².